The molecular formula is C28H26N4O2. The van der Waals surface area contributed by atoms with Crippen molar-refractivity contribution in [3.63, 3.8) is 0 Å². The summed E-state index contributed by atoms with van der Waals surface area (Å²) in [5, 5.41) is 10.0. The molecule has 2 aromatic carbocycles. The highest BCUT2D eigenvalue weighted by Gasteiger charge is 2.23. The molecule has 0 radical (unpaired) electrons. The molecule has 0 aliphatic carbocycles. The van der Waals surface area contributed by atoms with Crippen LogP contribution < -0.4 is 9.64 Å². The van der Waals surface area contributed by atoms with E-state index in [1.165, 1.54) is 0 Å². The van der Waals surface area contributed by atoms with E-state index in [-0.39, 0.29) is 12.2 Å². The largest absolute Gasteiger partial charge is 0.495 e. The summed E-state index contributed by atoms with van der Waals surface area (Å²) in [7, 11) is 1.68. The SMILES string of the molecule is COc1c(-c2ccc(N3CC(C)O[C@H](C)C3)cn2)cnc2c(-c3ccc(C#N)cc3)cccc12. The standard InChI is InChI=1S/C28H26N4O2/c1-18-16-32(17-19(2)34-18)22-11-12-26(30-14-22)25-15-31-27-23(5-4-6-24(27)28(25)33-3)21-9-7-20(13-29)8-10-21/h4-12,14-15,18-19H,16-17H2,1-3H3/t18-,19?/m1/s1. The molecular weight excluding hydrogens is 424 g/mol. The van der Waals surface area contributed by atoms with Gasteiger partial charge in [-0.25, -0.2) is 0 Å². The number of hydrogen-bond acceptors (Lipinski definition) is 6. The smallest absolute Gasteiger partial charge is 0.139 e. The number of para-hydroxylation sites is 1. The predicted molar refractivity (Wildman–Crippen MR) is 134 cm³/mol. The van der Waals surface area contributed by atoms with E-state index in [9.17, 15) is 0 Å². The van der Waals surface area contributed by atoms with Gasteiger partial charge in [0, 0.05) is 30.2 Å². The van der Waals surface area contributed by atoms with Crippen LogP contribution in [0, 0.1) is 11.3 Å². The van der Waals surface area contributed by atoms with E-state index in [4.69, 9.17) is 24.7 Å². The summed E-state index contributed by atoms with van der Waals surface area (Å²) < 4.78 is 11.7. The summed E-state index contributed by atoms with van der Waals surface area (Å²) in [6.07, 6.45) is 4.13. The second-order valence-electron chi connectivity index (χ2n) is 8.66. The molecule has 0 saturated carbocycles. The highest BCUT2D eigenvalue weighted by atomic mass is 16.5. The van der Waals surface area contributed by atoms with Crippen molar-refractivity contribution in [1.82, 2.24) is 9.97 Å². The first kappa shape index (κ1) is 21.9. The van der Waals surface area contributed by atoms with Crippen molar-refractivity contribution >= 4 is 16.6 Å². The zero-order chi connectivity index (χ0) is 23.7. The van der Waals surface area contributed by atoms with Crippen molar-refractivity contribution in [2.24, 2.45) is 0 Å². The molecule has 1 fully saturated rings. The number of nitrogens with zero attached hydrogens (tertiary/aromatic N) is 4. The Hall–Kier alpha value is -3.95. The molecule has 0 N–H and O–H groups in total. The van der Waals surface area contributed by atoms with E-state index in [0.29, 0.717) is 5.56 Å². The molecule has 2 aromatic heterocycles. The van der Waals surface area contributed by atoms with Crippen molar-refractivity contribution in [2.45, 2.75) is 26.1 Å². The summed E-state index contributed by atoms with van der Waals surface area (Å²) in [6.45, 7) is 5.90. The van der Waals surface area contributed by atoms with Gasteiger partial charge in [-0.1, -0.05) is 24.3 Å². The molecule has 1 unspecified atom stereocenters. The highest BCUT2D eigenvalue weighted by Crippen LogP contribution is 2.38. The Bertz CT molecular complexity index is 1350. The van der Waals surface area contributed by atoms with Crippen LogP contribution in [0.15, 0.2) is 67.0 Å². The number of benzene rings is 2. The topological polar surface area (TPSA) is 71.3 Å². The summed E-state index contributed by atoms with van der Waals surface area (Å²) in [6, 6.07) is 19.9. The predicted octanol–water partition coefficient (Wildman–Crippen LogP) is 5.46. The van der Waals surface area contributed by atoms with Gasteiger partial charge in [0.2, 0.25) is 0 Å². The number of ether oxygens (including phenoxy) is 2. The number of aromatic nitrogens is 2. The lowest BCUT2D eigenvalue weighted by molar-refractivity contribution is -0.00523. The lowest BCUT2D eigenvalue weighted by Crippen LogP contribution is -2.45. The third-order valence-electron chi connectivity index (χ3n) is 6.19. The number of hydrogen-bond donors (Lipinski definition) is 0. The summed E-state index contributed by atoms with van der Waals surface area (Å²) in [4.78, 5) is 11.9. The fourth-order valence-electron chi connectivity index (χ4n) is 4.68. The van der Waals surface area contributed by atoms with Crippen LogP contribution in [-0.2, 0) is 4.74 Å². The zero-order valence-corrected chi connectivity index (χ0v) is 19.5. The number of rotatable bonds is 4. The fourth-order valence-corrected chi connectivity index (χ4v) is 4.68. The molecule has 1 aliphatic heterocycles. The van der Waals surface area contributed by atoms with Gasteiger partial charge in [0.15, 0.2) is 0 Å². The van der Waals surface area contributed by atoms with Gasteiger partial charge >= 0.3 is 0 Å². The number of fused-ring (bicyclic) bond motifs is 1. The molecule has 5 rings (SSSR count). The molecule has 170 valence electrons. The normalized spacial score (nSPS) is 18.0. The van der Waals surface area contributed by atoms with Crippen LogP contribution in [0.25, 0.3) is 33.3 Å². The Kier molecular flexibility index (Phi) is 5.87. The molecule has 1 saturated heterocycles. The second kappa shape index (κ2) is 9.12. The van der Waals surface area contributed by atoms with Crippen molar-refractivity contribution in [2.75, 3.05) is 25.1 Å². The van der Waals surface area contributed by atoms with E-state index in [1.54, 1.807) is 7.11 Å². The summed E-state index contributed by atoms with van der Waals surface area (Å²) in [5.41, 5.74) is 6.22. The van der Waals surface area contributed by atoms with E-state index >= 15 is 0 Å². The Morgan fingerprint density at radius 1 is 0.941 bits per heavy atom. The Labute approximate surface area is 199 Å². The molecule has 34 heavy (non-hydrogen) atoms. The maximum Gasteiger partial charge on any atom is 0.139 e. The summed E-state index contributed by atoms with van der Waals surface area (Å²) >= 11 is 0. The van der Waals surface area contributed by atoms with Crippen LogP contribution in [0.2, 0.25) is 0 Å². The average molecular weight is 451 g/mol. The van der Waals surface area contributed by atoms with Gasteiger partial charge in [0.25, 0.3) is 0 Å². The lowest BCUT2D eigenvalue weighted by Gasteiger charge is -2.36. The molecule has 1 aliphatic rings. The van der Waals surface area contributed by atoms with Crippen LogP contribution in [0.4, 0.5) is 5.69 Å². The Morgan fingerprint density at radius 2 is 1.71 bits per heavy atom. The van der Waals surface area contributed by atoms with Crippen molar-refractivity contribution in [3.05, 3.63) is 72.6 Å². The Balaban J connectivity index is 1.52. The van der Waals surface area contributed by atoms with E-state index in [2.05, 4.69) is 30.9 Å². The van der Waals surface area contributed by atoms with Crippen LogP contribution >= 0.6 is 0 Å². The first-order chi connectivity index (χ1) is 16.6. The Morgan fingerprint density at radius 3 is 2.35 bits per heavy atom. The third-order valence-corrected chi connectivity index (χ3v) is 6.19. The van der Waals surface area contributed by atoms with Crippen LogP contribution in [-0.4, -0.2) is 42.4 Å². The first-order valence-electron chi connectivity index (χ1n) is 11.4. The van der Waals surface area contributed by atoms with Gasteiger partial charge < -0.3 is 14.4 Å². The van der Waals surface area contributed by atoms with Gasteiger partial charge in [-0.15, -0.1) is 0 Å². The second-order valence-corrected chi connectivity index (χ2v) is 8.66. The minimum Gasteiger partial charge on any atom is -0.495 e. The van der Waals surface area contributed by atoms with Gasteiger partial charge in [-0.2, -0.15) is 5.26 Å². The number of anilines is 1. The van der Waals surface area contributed by atoms with Gasteiger partial charge in [-0.3, -0.25) is 9.97 Å². The van der Waals surface area contributed by atoms with Crippen LogP contribution in [0.5, 0.6) is 5.75 Å². The van der Waals surface area contributed by atoms with Gasteiger partial charge in [-0.05, 0) is 49.7 Å². The lowest BCUT2D eigenvalue weighted by atomic mass is 9.99. The van der Waals surface area contributed by atoms with Gasteiger partial charge in [0.1, 0.15) is 5.75 Å². The van der Waals surface area contributed by atoms with Gasteiger partial charge in [0.05, 0.1) is 59.6 Å². The molecule has 4 aromatic rings. The van der Waals surface area contributed by atoms with Crippen molar-refractivity contribution in [1.29, 1.82) is 5.26 Å². The highest BCUT2D eigenvalue weighted by molar-refractivity contribution is 6.00. The maximum atomic E-state index is 9.10. The van der Waals surface area contributed by atoms with Crippen LogP contribution in [0.3, 0.4) is 0 Å². The van der Waals surface area contributed by atoms with E-state index in [1.807, 2.05) is 60.9 Å². The monoisotopic (exact) mass is 450 g/mol. The van der Waals surface area contributed by atoms with Crippen LogP contribution in [0.1, 0.15) is 19.4 Å². The molecule has 3 heterocycles. The number of morpholine rings is 1. The zero-order valence-electron chi connectivity index (χ0n) is 19.5. The minimum atomic E-state index is 0.193. The molecule has 6 nitrogen and oxygen atoms in total. The summed E-state index contributed by atoms with van der Waals surface area (Å²) in [5.74, 6) is 0.745. The molecule has 2 atom stereocenters. The number of methoxy groups -OCH3 is 1. The van der Waals surface area contributed by atoms with Crippen molar-refractivity contribution in [3.8, 4) is 34.2 Å². The molecule has 0 spiro atoms. The van der Waals surface area contributed by atoms with E-state index < -0.39 is 0 Å². The number of pyridine rings is 2. The quantitative estimate of drug-likeness (QED) is 0.411. The third kappa shape index (κ3) is 4.07. The minimum absolute atomic E-state index is 0.193. The number of nitriles is 1. The maximum absolute atomic E-state index is 9.10. The average Bonchev–Trinajstić information content (AvgIpc) is 2.87. The fraction of sp³-hybridized carbons (Fsp3) is 0.250. The van der Waals surface area contributed by atoms with Crippen molar-refractivity contribution < 1.29 is 9.47 Å². The van der Waals surface area contributed by atoms with E-state index in [0.717, 1.165) is 57.8 Å². The first-order valence-corrected chi connectivity index (χ1v) is 11.4. The molecule has 0 bridgehead atoms. The molecule has 6 heteroatoms. The molecule has 0 amide bonds.